The summed E-state index contributed by atoms with van der Waals surface area (Å²) in [6.45, 7) is 10.8. The number of rotatable bonds is 5. The number of aryl methyl sites for hydroxylation is 1. The molecule has 3 heteroatoms. The molecule has 0 spiro atoms. The van der Waals surface area contributed by atoms with Crippen LogP contribution >= 0.6 is 11.6 Å². The Hall–Kier alpha value is -0.500. The summed E-state index contributed by atoms with van der Waals surface area (Å²) in [5.74, 6) is 0. The van der Waals surface area contributed by atoms with E-state index in [0.29, 0.717) is 6.04 Å². The lowest BCUT2D eigenvalue weighted by Gasteiger charge is -2.13. The van der Waals surface area contributed by atoms with E-state index < -0.39 is 0 Å². The average molecular weight is 243 g/mol. The van der Waals surface area contributed by atoms with Crippen molar-refractivity contribution in [3.05, 3.63) is 17.0 Å². The summed E-state index contributed by atoms with van der Waals surface area (Å²) < 4.78 is 2.14. The molecule has 1 unspecified atom stereocenters. The van der Waals surface area contributed by atoms with E-state index in [1.807, 2.05) is 0 Å². The molecule has 92 valence electrons. The van der Waals surface area contributed by atoms with Crippen LogP contribution in [-0.4, -0.2) is 9.78 Å². The van der Waals surface area contributed by atoms with Gasteiger partial charge in [-0.15, -0.1) is 11.6 Å². The zero-order chi connectivity index (χ0) is 12.3. The zero-order valence-corrected chi connectivity index (χ0v) is 11.8. The maximum Gasteiger partial charge on any atom is 0.0671 e. The van der Waals surface area contributed by atoms with Gasteiger partial charge in [0, 0.05) is 17.3 Å². The monoisotopic (exact) mass is 242 g/mol. The highest BCUT2D eigenvalue weighted by atomic mass is 35.5. The first-order chi connectivity index (χ1) is 7.56. The Labute approximate surface area is 104 Å². The Bertz CT molecular complexity index is 342. The first kappa shape index (κ1) is 13.6. The van der Waals surface area contributed by atoms with Gasteiger partial charge < -0.3 is 0 Å². The van der Waals surface area contributed by atoms with Crippen LogP contribution in [0.4, 0.5) is 0 Å². The van der Waals surface area contributed by atoms with E-state index in [1.165, 1.54) is 17.0 Å². The fraction of sp³-hybridized carbons (Fsp3) is 0.769. The molecular weight excluding hydrogens is 220 g/mol. The summed E-state index contributed by atoms with van der Waals surface area (Å²) in [4.78, 5) is 0. The van der Waals surface area contributed by atoms with Crippen LogP contribution < -0.4 is 0 Å². The van der Waals surface area contributed by atoms with E-state index in [0.717, 1.165) is 19.3 Å². The molecule has 0 aliphatic rings. The van der Waals surface area contributed by atoms with E-state index in [4.69, 9.17) is 16.7 Å². The van der Waals surface area contributed by atoms with Crippen molar-refractivity contribution in [3.8, 4) is 0 Å². The Balaban J connectivity index is 3.31. The molecule has 0 N–H and O–H groups in total. The summed E-state index contributed by atoms with van der Waals surface area (Å²) >= 11 is 6.42. The fourth-order valence-electron chi connectivity index (χ4n) is 2.14. The molecule has 0 amide bonds. The summed E-state index contributed by atoms with van der Waals surface area (Å²) in [6.07, 6.45) is 2.93. The van der Waals surface area contributed by atoms with E-state index in [1.54, 1.807) is 0 Å². The Morgan fingerprint density at radius 1 is 1.19 bits per heavy atom. The van der Waals surface area contributed by atoms with Gasteiger partial charge in [-0.2, -0.15) is 5.10 Å². The molecular formula is C13H23ClN2. The first-order valence-electron chi connectivity index (χ1n) is 6.30. The number of hydrogen-bond donors (Lipinski definition) is 0. The second-order valence-electron chi connectivity index (χ2n) is 4.43. The van der Waals surface area contributed by atoms with E-state index in [2.05, 4.69) is 39.3 Å². The Morgan fingerprint density at radius 2 is 1.81 bits per heavy atom. The predicted octanol–water partition coefficient (Wildman–Crippen LogP) is 4.28. The fourth-order valence-corrected chi connectivity index (χ4v) is 2.39. The molecule has 0 radical (unpaired) electrons. The number of alkyl halides is 1. The van der Waals surface area contributed by atoms with E-state index >= 15 is 0 Å². The summed E-state index contributed by atoms with van der Waals surface area (Å²) in [5, 5.41) is 4.81. The largest absolute Gasteiger partial charge is 0.267 e. The van der Waals surface area contributed by atoms with Gasteiger partial charge in [0.25, 0.3) is 0 Å². The Morgan fingerprint density at radius 3 is 2.19 bits per heavy atom. The normalized spacial score (nSPS) is 13.4. The molecule has 0 saturated carbocycles. The van der Waals surface area contributed by atoms with Gasteiger partial charge in [0.2, 0.25) is 0 Å². The molecule has 0 fully saturated rings. The van der Waals surface area contributed by atoms with E-state index in [-0.39, 0.29) is 5.38 Å². The number of halogens is 1. The van der Waals surface area contributed by atoms with Crippen LogP contribution in [0.25, 0.3) is 0 Å². The van der Waals surface area contributed by atoms with Gasteiger partial charge in [-0.3, -0.25) is 4.68 Å². The minimum atomic E-state index is 0.109. The zero-order valence-electron chi connectivity index (χ0n) is 11.0. The highest BCUT2D eigenvalue weighted by Gasteiger charge is 2.21. The number of hydrogen-bond acceptors (Lipinski definition) is 1. The lowest BCUT2D eigenvalue weighted by atomic mass is 10.0. The third-order valence-corrected chi connectivity index (χ3v) is 3.48. The molecule has 2 nitrogen and oxygen atoms in total. The molecule has 0 aliphatic carbocycles. The van der Waals surface area contributed by atoms with Crippen molar-refractivity contribution in [1.29, 1.82) is 0 Å². The molecule has 1 heterocycles. The molecule has 0 aromatic carbocycles. The lowest BCUT2D eigenvalue weighted by Crippen LogP contribution is -2.08. The molecule has 1 atom stereocenters. The SMILES string of the molecule is CCc1nn(C(C)C)c(CC)c1C(Cl)CC. The Kier molecular flexibility index (Phi) is 4.85. The molecule has 1 rings (SSSR count). The van der Waals surface area contributed by atoms with Crippen molar-refractivity contribution in [3.63, 3.8) is 0 Å². The van der Waals surface area contributed by atoms with Crippen molar-refractivity contribution in [1.82, 2.24) is 9.78 Å². The van der Waals surface area contributed by atoms with Crippen molar-refractivity contribution >= 4 is 11.6 Å². The third kappa shape index (κ3) is 2.42. The van der Waals surface area contributed by atoms with E-state index in [9.17, 15) is 0 Å². The van der Waals surface area contributed by atoms with Gasteiger partial charge in [-0.1, -0.05) is 20.8 Å². The maximum absolute atomic E-state index is 6.42. The van der Waals surface area contributed by atoms with Gasteiger partial charge in [0.15, 0.2) is 0 Å². The lowest BCUT2D eigenvalue weighted by molar-refractivity contribution is 0.506. The van der Waals surface area contributed by atoms with Crippen LogP contribution in [0.1, 0.15) is 69.4 Å². The second-order valence-corrected chi connectivity index (χ2v) is 4.96. The van der Waals surface area contributed by atoms with Crippen molar-refractivity contribution < 1.29 is 0 Å². The van der Waals surface area contributed by atoms with Crippen molar-refractivity contribution in [2.45, 2.75) is 65.3 Å². The van der Waals surface area contributed by atoms with Gasteiger partial charge in [-0.05, 0) is 33.1 Å². The molecule has 1 aromatic heterocycles. The van der Waals surface area contributed by atoms with Crippen LogP contribution in [-0.2, 0) is 12.8 Å². The van der Waals surface area contributed by atoms with Crippen LogP contribution in [0.2, 0.25) is 0 Å². The minimum absolute atomic E-state index is 0.109. The second kappa shape index (κ2) is 5.72. The van der Waals surface area contributed by atoms with Crippen LogP contribution in [0.15, 0.2) is 0 Å². The highest BCUT2D eigenvalue weighted by Crippen LogP contribution is 2.32. The average Bonchev–Trinajstić information content (AvgIpc) is 2.66. The highest BCUT2D eigenvalue weighted by molar-refractivity contribution is 6.20. The van der Waals surface area contributed by atoms with Crippen molar-refractivity contribution in [2.75, 3.05) is 0 Å². The van der Waals surface area contributed by atoms with Gasteiger partial charge in [-0.25, -0.2) is 0 Å². The topological polar surface area (TPSA) is 17.8 Å². The van der Waals surface area contributed by atoms with Crippen LogP contribution in [0.3, 0.4) is 0 Å². The molecule has 1 aromatic rings. The van der Waals surface area contributed by atoms with Gasteiger partial charge in [0.05, 0.1) is 11.1 Å². The van der Waals surface area contributed by atoms with Crippen molar-refractivity contribution in [2.24, 2.45) is 0 Å². The molecule has 16 heavy (non-hydrogen) atoms. The minimum Gasteiger partial charge on any atom is -0.267 e. The quantitative estimate of drug-likeness (QED) is 0.705. The number of nitrogens with zero attached hydrogens (tertiary/aromatic N) is 2. The van der Waals surface area contributed by atoms with Gasteiger partial charge in [0.1, 0.15) is 0 Å². The summed E-state index contributed by atoms with van der Waals surface area (Å²) in [5.41, 5.74) is 3.77. The molecule has 0 aliphatic heterocycles. The first-order valence-corrected chi connectivity index (χ1v) is 6.74. The standard InChI is InChI=1S/C13H23ClN2/c1-6-10(14)13-11(7-2)15-16(9(4)5)12(13)8-3/h9-10H,6-8H2,1-5H3. The van der Waals surface area contributed by atoms with Crippen LogP contribution in [0, 0.1) is 0 Å². The van der Waals surface area contributed by atoms with Gasteiger partial charge >= 0.3 is 0 Å². The molecule has 0 bridgehead atoms. The summed E-state index contributed by atoms with van der Waals surface area (Å²) in [7, 11) is 0. The third-order valence-electron chi connectivity index (χ3n) is 2.96. The maximum atomic E-state index is 6.42. The number of aromatic nitrogens is 2. The smallest absolute Gasteiger partial charge is 0.0671 e. The summed E-state index contributed by atoms with van der Waals surface area (Å²) in [6, 6.07) is 0.412. The van der Waals surface area contributed by atoms with Crippen LogP contribution in [0.5, 0.6) is 0 Å². The molecule has 0 saturated heterocycles. The predicted molar refractivity (Wildman–Crippen MR) is 70.3 cm³/mol.